The summed E-state index contributed by atoms with van der Waals surface area (Å²) in [5.74, 6) is 0.0152. The molecule has 23 heavy (non-hydrogen) atoms. The van der Waals surface area contributed by atoms with Gasteiger partial charge in [-0.3, -0.25) is 4.79 Å². The Balaban J connectivity index is 1.47. The quantitative estimate of drug-likeness (QED) is 0.825. The van der Waals surface area contributed by atoms with Crippen molar-refractivity contribution in [2.24, 2.45) is 0 Å². The molecule has 0 radical (unpaired) electrons. The van der Waals surface area contributed by atoms with E-state index in [1.807, 2.05) is 36.4 Å². The molecule has 116 valence electrons. The molecule has 1 unspecified atom stereocenters. The summed E-state index contributed by atoms with van der Waals surface area (Å²) in [5, 5.41) is 15.7. The summed E-state index contributed by atoms with van der Waals surface area (Å²) in [6.07, 6.45) is 2.60. The molecule has 0 spiro atoms. The molecule has 2 N–H and O–H groups in total. The summed E-state index contributed by atoms with van der Waals surface area (Å²) in [4.78, 5) is 16.4. The minimum Gasteiger partial charge on any atom is -0.323 e. The van der Waals surface area contributed by atoms with Crippen molar-refractivity contribution in [3.8, 4) is 6.07 Å². The van der Waals surface area contributed by atoms with E-state index in [1.54, 1.807) is 6.20 Å². The standard InChI is InChI=1S/C17H16N4OS/c18-10-13-5-3-12(4-6-13)7-9-19-11-15-16(22)21-14-2-1-8-20-17(14)23-15/h1-6,8,15,19H,7,9,11H2,(H,21,22). The number of aromatic nitrogens is 1. The fourth-order valence-electron chi connectivity index (χ4n) is 2.33. The summed E-state index contributed by atoms with van der Waals surface area (Å²) < 4.78 is 0. The maximum absolute atomic E-state index is 12.1. The Labute approximate surface area is 139 Å². The molecule has 6 heteroatoms. The van der Waals surface area contributed by atoms with Crippen LogP contribution in [0.3, 0.4) is 0 Å². The maximum atomic E-state index is 12.1. The first kappa shape index (κ1) is 15.5. The van der Waals surface area contributed by atoms with Gasteiger partial charge in [-0.1, -0.05) is 23.9 Å². The van der Waals surface area contributed by atoms with Crippen LogP contribution in [0.1, 0.15) is 11.1 Å². The van der Waals surface area contributed by atoms with Crippen molar-refractivity contribution in [2.45, 2.75) is 16.7 Å². The predicted molar refractivity (Wildman–Crippen MR) is 90.2 cm³/mol. The molecule has 1 aromatic carbocycles. The molecule has 1 aliphatic rings. The number of hydrogen-bond donors (Lipinski definition) is 2. The van der Waals surface area contributed by atoms with E-state index >= 15 is 0 Å². The van der Waals surface area contributed by atoms with Crippen LogP contribution < -0.4 is 10.6 Å². The number of nitrogens with one attached hydrogen (secondary N) is 2. The second kappa shape index (κ2) is 7.27. The minimum atomic E-state index is -0.168. The van der Waals surface area contributed by atoms with Crippen molar-refractivity contribution in [1.82, 2.24) is 10.3 Å². The van der Waals surface area contributed by atoms with Crippen molar-refractivity contribution >= 4 is 23.4 Å². The lowest BCUT2D eigenvalue weighted by Crippen LogP contribution is -2.38. The van der Waals surface area contributed by atoms with Gasteiger partial charge in [-0.25, -0.2) is 4.98 Å². The molecule has 1 amide bonds. The molecular weight excluding hydrogens is 308 g/mol. The Morgan fingerprint density at radius 2 is 2.13 bits per heavy atom. The van der Waals surface area contributed by atoms with Crippen molar-refractivity contribution < 1.29 is 4.79 Å². The van der Waals surface area contributed by atoms with E-state index in [9.17, 15) is 4.79 Å². The van der Waals surface area contributed by atoms with Gasteiger partial charge in [0.2, 0.25) is 5.91 Å². The van der Waals surface area contributed by atoms with E-state index in [1.165, 1.54) is 17.3 Å². The van der Waals surface area contributed by atoms with Gasteiger partial charge in [0.1, 0.15) is 10.3 Å². The largest absolute Gasteiger partial charge is 0.323 e. The number of anilines is 1. The molecule has 1 aromatic heterocycles. The van der Waals surface area contributed by atoms with Gasteiger partial charge in [-0.05, 0) is 42.8 Å². The molecule has 1 atom stereocenters. The molecular formula is C17H16N4OS. The summed E-state index contributed by atoms with van der Waals surface area (Å²) in [5.41, 5.74) is 2.63. The fourth-order valence-corrected chi connectivity index (χ4v) is 3.33. The fraction of sp³-hybridized carbons (Fsp3) is 0.235. The number of amides is 1. The highest BCUT2D eigenvalue weighted by atomic mass is 32.2. The van der Waals surface area contributed by atoms with E-state index in [2.05, 4.69) is 21.7 Å². The zero-order valence-electron chi connectivity index (χ0n) is 12.5. The summed E-state index contributed by atoms with van der Waals surface area (Å²) in [7, 11) is 0. The van der Waals surface area contributed by atoms with Gasteiger partial charge in [0.05, 0.1) is 17.3 Å². The number of carbonyl (C=O) groups excluding carboxylic acids is 1. The Bertz CT molecular complexity index is 739. The number of nitrogens with zero attached hydrogens (tertiary/aromatic N) is 2. The number of fused-ring (bicyclic) bond motifs is 1. The van der Waals surface area contributed by atoms with Gasteiger partial charge < -0.3 is 10.6 Å². The highest BCUT2D eigenvalue weighted by Gasteiger charge is 2.27. The number of nitriles is 1. The first-order valence-electron chi connectivity index (χ1n) is 7.38. The average Bonchev–Trinajstić information content (AvgIpc) is 2.59. The lowest BCUT2D eigenvalue weighted by atomic mass is 10.1. The second-order valence-electron chi connectivity index (χ2n) is 5.21. The molecule has 1 aliphatic heterocycles. The van der Waals surface area contributed by atoms with Crippen molar-refractivity contribution in [2.75, 3.05) is 18.4 Å². The Morgan fingerprint density at radius 3 is 2.91 bits per heavy atom. The van der Waals surface area contributed by atoms with E-state index in [0.717, 1.165) is 23.7 Å². The van der Waals surface area contributed by atoms with Crippen LogP contribution in [0.15, 0.2) is 47.6 Å². The van der Waals surface area contributed by atoms with Gasteiger partial charge in [0, 0.05) is 12.7 Å². The van der Waals surface area contributed by atoms with Crippen LogP contribution in [0, 0.1) is 11.3 Å². The molecule has 0 saturated carbocycles. The number of benzene rings is 1. The third-order valence-corrected chi connectivity index (χ3v) is 4.79. The molecule has 2 aromatic rings. The normalized spacial score (nSPS) is 16.3. The third kappa shape index (κ3) is 3.89. The summed E-state index contributed by atoms with van der Waals surface area (Å²) >= 11 is 1.49. The first-order valence-corrected chi connectivity index (χ1v) is 8.26. The van der Waals surface area contributed by atoms with E-state index in [4.69, 9.17) is 5.26 Å². The van der Waals surface area contributed by atoms with E-state index < -0.39 is 0 Å². The minimum absolute atomic E-state index is 0.0152. The molecule has 5 nitrogen and oxygen atoms in total. The summed E-state index contributed by atoms with van der Waals surface area (Å²) in [6.45, 7) is 1.38. The van der Waals surface area contributed by atoms with Crippen LogP contribution in [-0.4, -0.2) is 29.2 Å². The number of thioether (sulfide) groups is 1. The topological polar surface area (TPSA) is 77.8 Å². The van der Waals surface area contributed by atoms with Crippen LogP contribution >= 0.6 is 11.8 Å². The SMILES string of the molecule is N#Cc1ccc(CCNCC2Sc3ncccc3NC2=O)cc1. The second-order valence-corrected chi connectivity index (χ2v) is 6.41. The van der Waals surface area contributed by atoms with Gasteiger partial charge in [-0.2, -0.15) is 5.26 Å². The first-order chi connectivity index (χ1) is 11.3. The highest BCUT2D eigenvalue weighted by Crippen LogP contribution is 2.32. The smallest absolute Gasteiger partial charge is 0.239 e. The molecule has 3 rings (SSSR count). The Morgan fingerprint density at radius 1 is 1.30 bits per heavy atom. The van der Waals surface area contributed by atoms with Gasteiger partial charge in [0.25, 0.3) is 0 Å². The summed E-state index contributed by atoms with van der Waals surface area (Å²) in [6, 6.07) is 13.4. The van der Waals surface area contributed by atoms with Crippen LogP contribution in [0.5, 0.6) is 0 Å². The van der Waals surface area contributed by atoms with Crippen LogP contribution in [-0.2, 0) is 11.2 Å². The lowest BCUT2D eigenvalue weighted by molar-refractivity contribution is -0.115. The van der Waals surface area contributed by atoms with Crippen molar-refractivity contribution in [1.29, 1.82) is 5.26 Å². The number of hydrogen-bond acceptors (Lipinski definition) is 5. The maximum Gasteiger partial charge on any atom is 0.239 e. The molecule has 0 fully saturated rings. The van der Waals surface area contributed by atoms with E-state index in [0.29, 0.717) is 12.1 Å². The zero-order valence-corrected chi connectivity index (χ0v) is 13.3. The average molecular weight is 324 g/mol. The lowest BCUT2D eigenvalue weighted by Gasteiger charge is -2.23. The van der Waals surface area contributed by atoms with Crippen LogP contribution in [0.4, 0.5) is 5.69 Å². The third-order valence-electron chi connectivity index (χ3n) is 3.58. The monoisotopic (exact) mass is 324 g/mol. The van der Waals surface area contributed by atoms with Crippen LogP contribution in [0.25, 0.3) is 0 Å². The molecule has 2 heterocycles. The number of pyridine rings is 1. The zero-order chi connectivity index (χ0) is 16.1. The molecule has 0 aliphatic carbocycles. The van der Waals surface area contributed by atoms with Crippen LogP contribution in [0.2, 0.25) is 0 Å². The Hall–Kier alpha value is -2.36. The van der Waals surface area contributed by atoms with Crippen molar-refractivity contribution in [3.05, 3.63) is 53.7 Å². The van der Waals surface area contributed by atoms with Gasteiger partial charge in [-0.15, -0.1) is 0 Å². The molecule has 0 saturated heterocycles. The number of rotatable bonds is 5. The Kier molecular flexibility index (Phi) is 4.91. The van der Waals surface area contributed by atoms with E-state index in [-0.39, 0.29) is 11.2 Å². The van der Waals surface area contributed by atoms with Crippen molar-refractivity contribution in [3.63, 3.8) is 0 Å². The predicted octanol–water partition coefficient (Wildman–Crippen LogP) is 2.20. The van der Waals surface area contributed by atoms with Gasteiger partial charge in [0.15, 0.2) is 0 Å². The van der Waals surface area contributed by atoms with Gasteiger partial charge >= 0.3 is 0 Å². The highest BCUT2D eigenvalue weighted by molar-refractivity contribution is 8.00. The molecule has 0 bridgehead atoms. The number of carbonyl (C=O) groups is 1.